The molecule has 0 radical (unpaired) electrons. The van der Waals surface area contributed by atoms with Gasteiger partial charge >= 0.3 is 7.12 Å². The predicted octanol–water partition coefficient (Wildman–Crippen LogP) is 1.70. The third-order valence-electron chi connectivity index (χ3n) is 4.92. The van der Waals surface area contributed by atoms with E-state index in [1.54, 1.807) is 30.5 Å². The summed E-state index contributed by atoms with van der Waals surface area (Å²) in [4.78, 5) is 11.1. The van der Waals surface area contributed by atoms with Gasteiger partial charge in [-0.2, -0.15) is 5.26 Å². The van der Waals surface area contributed by atoms with Crippen LogP contribution in [0.5, 0.6) is 0 Å². The molecule has 0 aliphatic carbocycles. The topological polar surface area (TPSA) is 118 Å². The standard InChI is InChI=1S/C20H20BN5O3/c22-11-14-6-7-15(12-23-14)24-20-5-1-3-17(25-20)18-4-2-10-26(18)13-16-8-9-19(29-16)21(27)28/h1,3,5-9,12,18,27-28H,2,4,10,13H2,(H,24,25)/t18-/m0/s1. The molecule has 0 aromatic carbocycles. The lowest BCUT2D eigenvalue weighted by atomic mass is 9.88. The number of rotatable bonds is 6. The van der Waals surface area contributed by atoms with E-state index >= 15 is 0 Å². The van der Waals surface area contributed by atoms with Gasteiger partial charge in [-0.1, -0.05) is 6.07 Å². The maximum absolute atomic E-state index is 9.22. The minimum absolute atomic E-state index is 0.149. The van der Waals surface area contributed by atoms with Crippen LogP contribution >= 0.6 is 0 Å². The minimum Gasteiger partial charge on any atom is -0.468 e. The van der Waals surface area contributed by atoms with E-state index in [4.69, 9.17) is 14.7 Å². The molecule has 0 unspecified atom stereocenters. The van der Waals surface area contributed by atoms with Crippen molar-refractivity contribution in [3.8, 4) is 6.07 Å². The molecular formula is C20H20BN5O3. The summed E-state index contributed by atoms with van der Waals surface area (Å²) in [5.41, 5.74) is 2.25. The van der Waals surface area contributed by atoms with Gasteiger partial charge in [0.15, 0.2) is 0 Å². The van der Waals surface area contributed by atoms with E-state index in [2.05, 4.69) is 15.2 Å². The molecule has 4 heterocycles. The summed E-state index contributed by atoms with van der Waals surface area (Å²) >= 11 is 0. The number of nitriles is 1. The second-order valence-corrected chi connectivity index (χ2v) is 6.92. The van der Waals surface area contributed by atoms with Gasteiger partial charge in [0.05, 0.1) is 30.2 Å². The fourth-order valence-electron chi connectivity index (χ4n) is 3.56. The van der Waals surface area contributed by atoms with Gasteiger partial charge in [-0.3, -0.25) is 4.90 Å². The average Bonchev–Trinajstić information content (AvgIpc) is 3.39. The van der Waals surface area contributed by atoms with Crippen molar-refractivity contribution in [1.82, 2.24) is 14.9 Å². The first-order valence-electron chi connectivity index (χ1n) is 9.41. The number of hydrogen-bond donors (Lipinski definition) is 3. The minimum atomic E-state index is -1.60. The average molecular weight is 389 g/mol. The van der Waals surface area contributed by atoms with Crippen molar-refractivity contribution >= 4 is 24.3 Å². The maximum Gasteiger partial charge on any atom is 0.526 e. The lowest BCUT2D eigenvalue weighted by molar-refractivity contribution is 0.225. The van der Waals surface area contributed by atoms with Gasteiger partial charge in [0.25, 0.3) is 0 Å². The Kier molecular flexibility index (Phi) is 5.58. The van der Waals surface area contributed by atoms with Gasteiger partial charge < -0.3 is 19.8 Å². The summed E-state index contributed by atoms with van der Waals surface area (Å²) in [6.45, 7) is 1.50. The summed E-state index contributed by atoms with van der Waals surface area (Å²) < 4.78 is 5.51. The van der Waals surface area contributed by atoms with Gasteiger partial charge in [-0.25, -0.2) is 9.97 Å². The van der Waals surface area contributed by atoms with E-state index in [0.29, 0.717) is 23.8 Å². The normalized spacial score (nSPS) is 16.5. The highest BCUT2D eigenvalue weighted by Gasteiger charge is 2.28. The Morgan fingerprint density at radius 2 is 2.14 bits per heavy atom. The zero-order valence-electron chi connectivity index (χ0n) is 15.7. The Balaban J connectivity index is 1.47. The third-order valence-corrected chi connectivity index (χ3v) is 4.92. The van der Waals surface area contributed by atoms with Gasteiger partial charge in [0.2, 0.25) is 0 Å². The molecule has 1 atom stereocenters. The molecule has 4 rings (SSSR count). The lowest BCUT2D eigenvalue weighted by Crippen LogP contribution is -2.28. The Morgan fingerprint density at radius 3 is 2.86 bits per heavy atom. The van der Waals surface area contributed by atoms with Crippen molar-refractivity contribution in [2.45, 2.75) is 25.4 Å². The number of nitrogens with zero attached hydrogens (tertiary/aromatic N) is 4. The number of hydrogen-bond acceptors (Lipinski definition) is 8. The van der Waals surface area contributed by atoms with Crippen LogP contribution < -0.4 is 11.0 Å². The molecule has 8 nitrogen and oxygen atoms in total. The number of pyridine rings is 2. The van der Waals surface area contributed by atoms with Gasteiger partial charge in [-0.15, -0.1) is 0 Å². The molecule has 3 aromatic heterocycles. The van der Waals surface area contributed by atoms with Crippen LogP contribution in [0.1, 0.15) is 36.0 Å². The third kappa shape index (κ3) is 4.46. The SMILES string of the molecule is N#Cc1ccc(Nc2cccc([C@@H]3CCCN3Cc3ccc(B(O)O)o3)n2)cn1. The second kappa shape index (κ2) is 8.45. The molecule has 0 saturated carbocycles. The zero-order valence-corrected chi connectivity index (χ0v) is 15.7. The van der Waals surface area contributed by atoms with Crippen LogP contribution in [0.4, 0.5) is 11.5 Å². The molecule has 0 spiro atoms. The van der Waals surface area contributed by atoms with Crippen molar-refractivity contribution in [3.05, 3.63) is 65.8 Å². The van der Waals surface area contributed by atoms with E-state index < -0.39 is 7.12 Å². The van der Waals surface area contributed by atoms with Crippen molar-refractivity contribution in [3.63, 3.8) is 0 Å². The van der Waals surface area contributed by atoms with E-state index in [-0.39, 0.29) is 11.7 Å². The number of nitrogens with one attached hydrogen (secondary N) is 1. The highest BCUT2D eigenvalue weighted by atomic mass is 16.4. The van der Waals surface area contributed by atoms with Crippen LogP contribution in [-0.4, -0.2) is 38.6 Å². The smallest absolute Gasteiger partial charge is 0.468 e. The molecule has 1 aliphatic rings. The zero-order chi connectivity index (χ0) is 20.2. The van der Waals surface area contributed by atoms with Crippen molar-refractivity contribution in [1.29, 1.82) is 5.26 Å². The summed E-state index contributed by atoms with van der Waals surface area (Å²) in [6.07, 6.45) is 3.66. The quantitative estimate of drug-likeness (QED) is 0.546. The number of anilines is 2. The van der Waals surface area contributed by atoms with Crippen LogP contribution in [-0.2, 0) is 6.54 Å². The lowest BCUT2D eigenvalue weighted by Gasteiger charge is -2.23. The Labute approximate surface area is 168 Å². The second-order valence-electron chi connectivity index (χ2n) is 6.92. The molecule has 0 amide bonds. The van der Waals surface area contributed by atoms with Crippen molar-refractivity contribution in [2.24, 2.45) is 0 Å². The van der Waals surface area contributed by atoms with Gasteiger partial charge in [-0.05, 0) is 55.8 Å². The Morgan fingerprint density at radius 1 is 1.24 bits per heavy atom. The Bertz CT molecular complexity index is 1020. The molecule has 9 heteroatoms. The van der Waals surface area contributed by atoms with Gasteiger partial charge in [0.1, 0.15) is 29.0 Å². The number of aromatic nitrogens is 2. The molecule has 0 bridgehead atoms. The van der Waals surface area contributed by atoms with E-state index in [1.807, 2.05) is 24.3 Å². The summed E-state index contributed by atoms with van der Waals surface area (Å²) in [5.74, 6) is 1.41. The summed E-state index contributed by atoms with van der Waals surface area (Å²) in [6, 6.07) is 14.8. The fourth-order valence-corrected chi connectivity index (χ4v) is 3.56. The molecule has 1 saturated heterocycles. The summed E-state index contributed by atoms with van der Waals surface area (Å²) in [5, 5.41) is 30.5. The Hall–Kier alpha value is -3.19. The molecule has 146 valence electrons. The largest absolute Gasteiger partial charge is 0.526 e. The first kappa shape index (κ1) is 19.1. The first-order valence-corrected chi connectivity index (χ1v) is 9.41. The highest BCUT2D eigenvalue weighted by Crippen LogP contribution is 2.32. The van der Waals surface area contributed by atoms with Crippen LogP contribution in [0.15, 0.2) is 53.1 Å². The highest BCUT2D eigenvalue weighted by molar-refractivity contribution is 6.56. The number of likely N-dealkylation sites (tertiary alicyclic amines) is 1. The van der Waals surface area contributed by atoms with E-state index in [9.17, 15) is 10.0 Å². The molecule has 1 fully saturated rings. The van der Waals surface area contributed by atoms with Crippen molar-refractivity contribution < 1.29 is 14.5 Å². The summed E-state index contributed by atoms with van der Waals surface area (Å²) in [7, 11) is -1.60. The van der Waals surface area contributed by atoms with Crippen LogP contribution in [0.2, 0.25) is 0 Å². The molecular weight excluding hydrogens is 369 g/mol. The molecule has 3 aromatic rings. The molecule has 1 aliphatic heterocycles. The molecule has 3 N–H and O–H groups in total. The van der Waals surface area contributed by atoms with E-state index in [1.165, 1.54) is 0 Å². The molecule has 29 heavy (non-hydrogen) atoms. The van der Waals surface area contributed by atoms with E-state index in [0.717, 1.165) is 30.8 Å². The van der Waals surface area contributed by atoms with Crippen LogP contribution in [0, 0.1) is 11.3 Å². The van der Waals surface area contributed by atoms with Crippen LogP contribution in [0.25, 0.3) is 0 Å². The van der Waals surface area contributed by atoms with Crippen molar-refractivity contribution in [2.75, 3.05) is 11.9 Å². The monoisotopic (exact) mass is 389 g/mol. The fraction of sp³-hybridized carbons (Fsp3) is 0.250. The number of furan rings is 1. The predicted molar refractivity (Wildman–Crippen MR) is 107 cm³/mol. The van der Waals surface area contributed by atoms with Gasteiger partial charge in [0, 0.05) is 0 Å². The van der Waals surface area contributed by atoms with Crippen LogP contribution in [0.3, 0.4) is 0 Å². The first-order chi connectivity index (χ1) is 14.1. The maximum atomic E-state index is 9.22.